The summed E-state index contributed by atoms with van der Waals surface area (Å²) in [5, 5.41) is 0. The van der Waals surface area contributed by atoms with Crippen LogP contribution in [0.25, 0.3) is 5.57 Å². The molecule has 78 valence electrons. The van der Waals surface area contributed by atoms with E-state index in [4.69, 9.17) is 11.5 Å². The van der Waals surface area contributed by atoms with Crippen LogP contribution in [0.1, 0.15) is 5.56 Å². The molecule has 1 aromatic rings. The van der Waals surface area contributed by atoms with E-state index >= 15 is 0 Å². The molecule has 1 aromatic carbocycles. The van der Waals surface area contributed by atoms with Gasteiger partial charge in [0.1, 0.15) is 5.83 Å². The Balaban J connectivity index is 2.94. The molecule has 0 aliphatic heterocycles. The molecular weight excluding hydrogens is 191 g/mol. The Morgan fingerprint density at radius 3 is 2.27 bits per heavy atom. The first-order valence-electron chi connectivity index (χ1n) is 4.44. The highest BCUT2D eigenvalue weighted by molar-refractivity contribution is 5.74. The first-order chi connectivity index (χ1) is 7.13. The van der Waals surface area contributed by atoms with Gasteiger partial charge in [-0.25, -0.2) is 4.39 Å². The number of anilines is 1. The Morgan fingerprint density at radius 2 is 1.80 bits per heavy atom. The van der Waals surface area contributed by atoms with E-state index in [1.807, 2.05) is 12.1 Å². The summed E-state index contributed by atoms with van der Waals surface area (Å²) >= 11 is 0. The third-order valence-corrected chi connectivity index (χ3v) is 1.87. The fourth-order valence-corrected chi connectivity index (χ4v) is 1.10. The molecule has 0 aliphatic rings. The van der Waals surface area contributed by atoms with Crippen molar-refractivity contribution in [2.75, 3.05) is 5.73 Å². The monoisotopic (exact) mass is 204 g/mol. The molecule has 15 heavy (non-hydrogen) atoms. The van der Waals surface area contributed by atoms with Gasteiger partial charge in [-0.2, -0.15) is 0 Å². The lowest BCUT2D eigenvalue weighted by atomic mass is 10.1. The third-order valence-electron chi connectivity index (χ3n) is 1.87. The summed E-state index contributed by atoms with van der Waals surface area (Å²) in [6.45, 7) is 3.13. The van der Waals surface area contributed by atoms with Crippen LogP contribution in [0, 0.1) is 0 Å². The number of halogens is 1. The molecule has 0 aromatic heterocycles. The van der Waals surface area contributed by atoms with Crippen molar-refractivity contribution in [2.45, 2.75) is 0 Å². The maximum atomic E-state index is 12.4. The summed E-state index contributed by atoms with van der Waals surface area (Å²) < 4.78 is 12.4. The van der Waals surface area contributed by atoms with E-state index in [0.717, 1.165) is 5.56 Å². The Bertz CT molecular complexity index is 402. The normalized spacial score (nSPS) is 11.9. The zero-order valence-electron chi connectivity index (χ0n) is 8.28. The molecule has 0 aliphatic carbocycles. The Labute approximate surface area is 88.4 Å². The van der Waals surface area contributed by atoms with Gasteiger partial charge in [0.15, 0.2) is 0 Å². The van der Waals surface area contributed by atoms with Gasteiger partial charge in [-0.3, -0.25) is 0 Å². The second-order valence-electron chi connectivity index (χ2n) is 3.02. The molecule has 2 nitrogen and oxygen atoms in total. The molecular formula is C12H13FN2. The SMILES string of the molecule is C=C(F)/C=C\C(=C/N)c1ccc(N)cc1. The maximum absolute atomic E-state index is 12.4. The minimum absolute atomic E-state index is 0.509. The Kier molecular flexibility index (Phi) is 3.68. The highest BCUT2D eigenvalue weighted by atomic mass is 19.1. The lowest BCUT2D eigenvalue weighted by molar-refractivity contribution is 0.671. The molecule has 0 bridgehead atoms. The first kappa shape index (κ1) is 11.0. The van der Waals surface area contributed by atoms with Crippen molar-refractivity contribution in [2.24, 2.45) is 5.73 Å². The van der Waals surface area contributed by atoms with Gasteiger partial charge >= 0.3 is 0 Å². The van der Waals surface area contributed by atoms with Crippen LogP contribution >= 0.6 is 0 Å². The molecule has 0 saturated carbocycles. The number of hydrogen-bond acceptors (Lipinski definition) is 2. The smallest absolute Gasteiger partial charge is 0.116 e. The zero-order chi connectivity index (χ0) is 11.3. The fourth-order valence-electron chi connectivity index (χ4n) is 1.10. The zero-order valence-corrected chi connectivity index (χ0v) is 8.28. The van der Waals surface area contributed by atoms with Crippen LogP contribution in [0.4, 0.5) is 10.1 Å². The van der Waals surface area contributed by atoms with Crippen LogP contribution in [0.3, 0.4) is 0 Å². The molecule has 0 radical (unpaired) electrons. The van der Waals surface area contributed by atoms with E-state index in [0.29, 0.717) is 11.3 Å². The topological polar surface area (TPSA) is 52.0 Å². The molecule has 0 fully saturated rings. The van der Waals surface area contributed by atoms with Crippen LogP contribution in [0.2, 0.25) is 0 Å². The summed E-state index contributed by atoms with van der Waals surface area (Å²) in [4.78, 5) is 0. The van der Waals surface area contributed by atoms with Gasteiger partial charge < -0.3 is 11.5 Å². The molecule has 0 heterocycles. The second kappa shape index (κ2) is 5.00. The summed E-state index contributed by atoms with van der Waals surface area (Å²) in [5.41, 5.74) is 13.3. The number of nitrogens with two attached hydrogens (primary N) is 2. The van der Waals surface area contributed by atoms with Crippen molar-refractivity contribution < 1.29 is 4.39 Å². The van der Waals surface area contributed by atoms with Gasteiger partial charge in [-0.05, 0) is 29.3 Å². The first-order valence-corrected chi connectivity index (χ1v) is 4.44. The van der Waals surface area contributed by atoms with Crippen LogP contribution in [-0.4, -0.2) is 0 Å². The molecule has 4 N–H and O–H groups in total. The highest BCUT2D eigenvalue weighted by Gasteiger charge is 1.96. The molecule has 0 atom stereocenters. The predicted molar refractivity (Wildman–Crippen MR) is 62.4 cm³/mol. The van der Waals surface area contributed by atoms with Crippen molar-refractivity contribution in [1.29, 1.82) is 0 Å². The lowest BCUT2D eigenvalue weighted by Gasteiger charge is -2.01. The third kappa shape index (κ3) is 3.31. The molecule has 0 unspecified atom stereocenters. The number of allylic oxidation sites excluding steroid dienone is 4. The van der Waals surface area contributed by atoms with Crippen molar-refractivity contribution in [3.8, 4) is 0 Å². The quantitative estimate of drug-likeness (QED) is 0.587. The van der Waals surface area contributed by atoms with Gasteiger partial charge in [0.25, 0.3) is 0 Å². The lowest BCUT2D eigenvalue weighted by Crippen LogP contribution is -1.89. The molecule has 0 saturated heterocycles. The number of benzene rings is 1. The predicted octanol–water partition coefficient (Wildman–Crippen LogP) is 2.61. The van der Waals surface area contributed by atoms with Crippen molar-refractivity contribution in [3.63, 3.8) is 0 Å². The van der Waals surface area contributed by atoms with E-state index in [2.05, 4.69) is 6.58 Å². The van der Waals surface area contributed by atoms with Crippen LogP contribution in [-0.2, 0) is 0 Å². The van der Waals surface area contributed by atoms with E-state index < -0.39 is 5.83 Å². The van der Waals surface area contributed by atoms with E-state index in [9.17, 15) is 4.39 Å². The minimum atomic E-state index is -0.509. The molecule has 0 amide bonds. The number of rotatable bonds is 3. The molecule has 3 heteroatoms. The van der Waals surface area contributed by atoms with Crippen molar-refractivity contribution in [1.82, 2.24) is 0 Å². The van der Waals surface area contributed by atoms with E-state index in [1.54, 1.807) is 18.2 Å². The molecule has 0 spiro atoms. The van der Waals surface area contributed by atoms with Crippen LogP contribution < -0.4 is 11.5 Å². The highest BCUT2D eigenvalue weighted by Crippen LogP contribution is 2.17. The summed E-state index contributed by atoms with van der Waals surface area (Å²) in [6.07, 6.45) is 4.23. The summed E-state index contributed by atoms with van der Waals surface area (Å²) in [7, 11) is 0. The van der Waals surface area contributed by atoms with Gasteiger partial charge in [0.2, 0.25) is 0 Å². The van der Waals surface area contributed by atoms with Crippen LogP contribution in [0.5, 0.6) is 0 Å². The Hall–Kier alpha value is -2.03. The summed E-state index contributed by atoms with van der Waals surface area (Å²) in [6, 6.07) is 7.16. The standard InChI is InChI=1S/C12H13FN2/c1-9(13)2-3-11(8-14)10-4-6-12(15)7-5-10/h2-8H,1,14-15H2/b3-2-,11-8+. The van der Waals surface area contributed by atoms with Crippen molar-refractivity contribution in [3.05, 3.63) is 60.6 Å². The van der Waals surface area contributed by atoms with Gasteiger partial charge in [0, 0.05) is 11.9 Å². The van der Waals surface area contributed by atoms with Crippen LogP contribution in [0.15, 0.2) is 55.0 Å². The Morgan fingerprint density at radius 1 is 1.20 bits per heavy atom. The number of hydrogen-bond donors (Lipinski definition) is 2. The molecule has 1 rings (SSSR count). The van der Waals surface area contributed by atoms with Gasteiger partial charge in [-0.1, -0.05) is 24.8 Å². The second-order valence-corrected chi connectivity index (χ2v) is 3.02. The van der Waals surface area contributed by atoms with E-state index in [1.165, 1.54) is 12.3 Å². The van der Waals surface area contributed by atoms with Gasteiger partial charge in [0.05, 0.1) is 0 Å². The summed E-state index contributed by atoms with van der Waals surface area (Å²) in [5.74, 6) is -0.509. The minimum Gasteiger partial charge on any atom is -0.404 e. The average molecular weight is 204 g/mol. The van der Waals surface area contributed by atoms with Gasteiger partial charge in [-0.15, -0.1) is 0 Å². The average Bonchev–Trinajstić information content (AvgIpc) is 2.21. The van der Waals surface area contributed by atoms with Crippen molar-refractivity contribution >= 4 is 11.3 Å². The maximum Gasteiger partial charge on any atom is 0.116 e. The number of nitrogen functional groups attached to an aromatic ring is 1. The fraction of sp³-hybridized carbons (Fsp3) is 0. The largest absolute Gasteiger partial charge is 0.404 e. The van der Waals surface area contributed by atoms with E-state index in [-0.39, 0.29) is 0 Å².